The first-order valence-electron chi connectivity index (χ1n) is 8.24. The summed E-state index contributed by atoms with van der Waals surface area (Å²) in [6.07, 6.45) is 9.33. The normalized spacial score (nSPS) is 22.8. The second-order valence-corrected chi connectivity index (χ2v) is 7.24. The lowest BCUT2D eigenvalue weighted by Crippen LogP contribution is -2.24. The van der Waals surface area contributed by atoms with Crippen LogP contribution in [0.3, 0.4) is 0 Å². The Balaban J connectivity index is 1.56. The van der Waals surface area contributed by atoms with E-state index in [-0.39, 0.29) is 0 Å². The Morgan fingerprint density at radius 1 is 1.24 bits per heavy atom. The first kappa shape index (κ1) is 13.4. The Hall–Kier alpha value is -1.29. The largest absolute Gasteiger partial charge is 0.370 e. The zero-order valence-corrected chi connectivity index (χ0v) is 13.2. The van der Waals surface area contributed by atoms with Crippen molar-refractivity contribution in [2.75, 3.05) is 11.9 Å². The number of nitrogens with one attached hydrogen (secondary N) is 1. The number of hydrogen-bond donors (Lipinski definition) is 1. The molecule has 4 rings (SSSR count). The van der Waals surface area contributed by atoms with Gasteiger partial charge in [-0.25, -0.2) is 4.68 Å². The molecule has 4 heteroatoms. The molecule has 21 heavy (non-hydrogen) atoms. The molecule has 2 aromatic rings. The number of aromatic nitrogens is 2. The smallest absolute Gasteiger partial charge is 0.125 e. The monoisotopic (exact) mass is 301 g/mol. The van der Waals surface area contributed by atoms with E-state index < -0.39 is 0 Å². The third-order valence-electron chi connectivity index (χ3n) is 4.96. The predicted octanol–water partition coefficient (Wildman–Crippen LogP) is 4.47. The van der Waals surface area contributed by atoms with Crippen molar-refractivity contribution in [3.63, 3.8) is 0 Å². The quantitative estimate of drug-likeness (QED) is 0.906. The van der Waals surface area contributed by atoms with Crippen LogP contribution in [0.1, 0.15) is 55.8 Å². The van der Waals surface area contributed by atoms with Gasteiger partial charge >= 0.3 is 0 Å². The van der Waals surface area contributed by atoms with E-state index in [1.807, 2.05) is 0 Å². The topological polar surface area (TPSA) is 29.9 Å². The lowest BCUT2D eigenvalue weighted by atomic mass is 9.86. The molecule has 0 saturated heterocycles. The third kappa shape index (κ3) is 2.73. The maximum absolute atomic E-state index is 4.94. The summed E-state index contributed by atoms with van der Waals surface area (Å²) < 4.78 is 2.23. The van der Waals surface area contributed by atoms with Crippen molar-refractivity contribution in [3.8, 4) is 0 Å². The van der Waals surface area contributed by atoms with Crippen LogP contribution in [0.4, 0.5) is 5.82 Å². The molecule has 0 radical (unpaired) electrons. The lowest BCUT2D eigenvalue weighted by molar-refractivity contribution is 0.352. The van der Waals surface area contributed by atoms with Crippen molar-refractivity contribution >= 4 is 17.2 Å². The van der Waals surface area contributed by atoms with Crippen molar-refractivity contribution in [2.45, 2.75) is 51.0 Å². The highest BCUT2D eigenvalue weighted by atomic mass is 32.1. The molecule has 2 aromatic heterocycles. The first-order valence-corrected chi connectivity index (χ1v) is 9.19. The van der Waals surface area contributed by atoms with Crippen LogP contribution < -0.4 is 5.32 Å². The summed E-state index contributed by atoms with van der Waals surface area (Å²) >= 11 is 1.78. The van der Waals surface area contributed by atoms with Crippen molar-refractivity contribution in [1.29, 1.82) is 0 Å². The van der Waals surface area contributed by atoms with E-state index in [2.05, 4.69) is 32.9 Å². The SMILES string of the molecule is c1cc(C2CCNc3cc(CC4CCCCC4)nn32)cs1. The molecule has 2 aliphatic rings. The Kier molecular flexibility index (Phi) is 3.72. The zero-order chi connectivity index (χ0) is 14.1. The summed E-state index contributed by atoms with van der Waals surface area (Å²) in [6, 6.07) is 4.95. The van der Waals surface area contributed by atoms with Crippen molar-refractivity contribution in [1.82, 2.24) is 9.78 Å². The van der Waals surface area contributed by atoms with Gasteiger partial charge in [0, 0.05) is 12.6 Å². The van der Waals surface area contributed by atoms with Crippen LogP contribution >= 0.6 is 11.3 Å². The third-order valence-corrected chi connectivity index (χ3v) is 5.66. The van der Waals surface area contributed by atoms with E-state index in [1.165, 1.54) is 49.2 Å². The van der Waals surface area contributed by atoms with Crippen molar-refractivity contribution in [3.05, 3.63) is 34.2 Å². The molecule has 3 nitrogen and oxygen atoms in total. The van der Waals surface area contributed by atoms with Gasteiger partial charge in [-0.15, -0.1) is 0 Å². The second-order valence-electron chi connectivity index (χ2n) is 6.46. The molecular weight excluding hydrogens is 278 g/mol. The van der Waals surface area contributed by atoms with Crippen LogP contribution in [0, 0.1) is 5.92 Å². The van der Waals surface area contributed by atoms with E-state index in [0.717, 1.165) is 25.3 Å². The maximum atomic E-state index is 4.94. The van der Waals surface area contributed by atoms with Gasteiger partial charge in [0.2, 0.25) is 0 Å². The van der Waals surface area contributed by atoms with Crippen LogP contribution in [0.2, 0.25) is 0 Å². The van der Waals surface area contributed by atoms with Gasteiger partial charge in [-0.1, -0.05) is 32.1 Å². The van der Waals surface area contributed by atoms with Crippen LogP contribution in [-0.2, 0) is 6.42 Å². The second kappa shape index (κ2) is 5.84. The van der Waals surface area contributed by atoms with E-state index in [9.17, 15) is 0 Å². The van der Waals surface area contributed by atoms with Gasteiger partial charge in [-0.05, 0) is 41.1 Å². The van der Waals surface area contributed by atoms with Crippen LogP contribution in [-0.4, -0.2) is 16.3 Å². The van der Waals surface area contributed by atoms with Crippen LogP contribution in [0.5, 0.6) is 0 Å². The summed E-state index contributed by atoms with van der Waals surface area (Å²) in [4.78, 5) is 0. The molecule has 1 aliphatic heterocycles. The van der Waals surface area contributed by atoms with E-state index in [1.54, 1.807) is 11.3 Å². The zero-order valence-electron chi connectivity index (χ0n) is 12.4. The minimum Gasteiger partial charge on any atom is -0.370 e. The number of rotatable bonds is 3. The maximum Gasteiger partial charge on any atom is 0.125 e. The minimum absolute atomic E-state index is 0.424. The molecule has 3 heterocycles. The van der Waals surface area contributed by atoms with Gasteiger partial charge in [0.05, 0.1) is 11.7 Å². The summed E-state index contributed by atoms with van der Waals surface area (Å²) in [5.74, 6) is 2.07. The molecule has 0 amide bonds. The molecule has 0 aromatic carbocycles. The Labute approximate surface area is 130 Å². The highest BCUT2D eigenvalue weighted by Crippen LogP contribution is 2.33. The summed E-state index contributed by atoms with van der Waals surface area (Å²) in [6.45, 7) is 1.05. The Morgan fingerprint density at radius 2 is 2.14 bits per heavy atom. The van der Waals surface area contributed by atoms with Gasteiger partial charge in [-0.3, -0.25) is 0 Å². The molecular formula is C17H23N3S. The van der Waals surface area contributed by atoms with E-state index in [0.29, 0.717) is 6.04 Å². The van der Waals surface area contributed by atoms with Gasteiger partial charge in [-0.2, -0.15) is 16.4 Å². The standard InChI is InChI=1S/C17H23N3S/c1-2-4-13(5-3-1)10-15-11-17-18-8-6-16(20(17)19-15)14-7-9-21-12-14/h7,9,11-13,16,18H,1-6,8,10H2. The molecule has 0 bridgehead atoms. The van der Waals surface area contributed by atoms with E-state index in [4.69, 9.17) is 5.10 Å². The number of nitrogens with zero attached hydrogens (tertiary/aromatic N) is 2. The summed E-state index contributed by atoms with van der Waals surface area (Å²) in [7, 11) is 0. The van der Waals surface area contributed by atoms with Gasteiger partial charge in [0.1, 0.15) is 5.82 Å². The van der Waals surface area contributed by atoms with E-state index >= 15 is 0 Å². The number of hydrogen-bond acceptors (Lipinski definition) is 3. The van der Waals surface area contributed by atoms with Crippen LogP contribution in [0.25, 0.3) is 0 Å². The summed E-state index contributed by atoms with van der Waals surface area (Å²) in [5.41, 5.74) is 2.70. The molecule has 112 valence electrons. The van der Waals surface area contributed by atoms with Gasteiger partial charge < -0.3 is 5.32 Å². The molecule has 1 atom stereocenters. The lowest BCUT2D eigenvalue weighted by Gasteiger charge is -2.25. The van der Waals surface area contributed by atoms with Crippen molar-refractivity contribution < 1.29 is 0 Å². The highest BCUT2D eigenvalue weighted by Gasteiger charge is 2.24. The molecule has 0 spiro atoms. The molecule has 1 saturated carbocycles. The summed E-state index contributed by atoms with van der Waals surface area (Å²) in [5, 5.41) is 12.9. The predicted molar refractivity (Wildman–Crippen MR) is 88.1 cm³/mol. The fraction of sp³-hybridized carbons (Fsp3) is 0.588. The average molecular weight is 301 g/mol. The first-order chi connectivity index (χ1) is 10.4. The van der Waals surface area contributed by atoms with Gasteiger partial charge in [0.25, 0.3) is 0 Å². The average Bonchev–Trinajstić information content (AvgIpc) is 3.16. The molecule has 1 N–H and O–H groups in total. The Morgan fingerprint density at radius 3 is 2.95 bits per heavy atom. The number of anilines is 1. The molecule has 1 unspecified atom stereocenters. The van der Waals surface area contributed by atoms with Crippen molar-refractivity contribution in [2.24, 2.45) is 5.92 Å². The minimum atomic E-state index is 0.424. The van der Waals surface area contributed by atoms with Gasteiger partial charge in [0.15, 0.2) is 0 Å². The Bertz CT molecular complexity index is 581. The highest BCUT2D eigenvalue weighted by molar-refractivity contribution is 7.07. The van der Waals surface area contributed by atoms with Crippen LogP contribution in [0.15, 0.2) is 22.9 Å². The number of fused-ring (bicyclic) bond motifs is 1. The molecule has 1 fully saturated rings. The fourth-order valence-corrected chi connectivity index (χ4v) is 4.54. The number of thiophene rings is 1. The molecule has 1 aliphatic carbocycles. The fourth-order valence-electron chi connectivity index (χ4n) is 3.83.